The van der Waals surface area contributed by atoms with Crippen molar-refractivity contribution in [2.45, 2.75) is 19.3 Å². The van der Waals surface area contributed by atoms with Crippen molar-refractivity contribution in [2.75, 3.05) is 30.9 Å². The highest BCUT2D eigenvalue weighted by Crippen LogP contribution is 2.14. The van der Waals surface area contributed by atoms with Gasteiger partial charge in [-0.15, -0.1) is 0 Å². The standard InChI is InChI=1S/C19H24N2O2/c1-23-15-5-14-20-17-9-11-18(12-10-17)21-19(22)13-8-16-6-3-2-4-7-16/h2-4,6-7,9-12,20H,5,8,13-15H2,1H3,(H,21,22). The largest absolute Gasteiger partial charge is 0.385 e. The number of anilines is 2. The molecule has 0 saturated carbocycles. The van der Waals surface area contributed by atoms with E-state index in [9.17, 15) is 4.79 Å². The van der Waals surface area contributed by atoms with E-state index in [1.807, 2.05) is 54.6 Å². The number of methoxy groups -OCH3 is 1. The number of amides is 1. The summed E-state index contributed by atoms with van der Waals surface area (Å²) in [6.45, 7) is 1.62. The SMILES string of the molecule is COCCCNc1ccc(NC(=O)CCc2ccccc2)cc1. The van der Waals surface area contributed by atoms with E-state index < -0.39 is 0 Å². The maximum absolute atomic E-state index is 12.0. The van der Waals surface area contributed by atoms with Crippen LogP contribution in [0.25, 0.3) is 0 Å². The van der Waals surface area contributed by atoms with Gasteiger partial charge in [-0.05, 0) is 42.7 Å². The highest BCUT2D eigenvalue weighted by atomic mass is 16.5. The molecular formula is C19H24N2O2. The molecule has 0 bridgehead atoms. The number of carbonyl (C=O) groups is 1. The van der Waals surface area contributed by atoms with Gasteiger partial charge in [-0.25, -0.2) is 0 Å². The number of nitrogens with one attached hydrogen (secondary N) is 2. The van der Waals surface area contributed by atoms with E-state index in [1.165, 1.54) is 5.56 Å². The number of aryl methyl sites for hydroxylation is 1. The molecule has 0 aliphatic carbocycles. The second-order valence-corrected chi connectivity index (χ2v) is 5.38. The Bertz CT molecular complexity index is 582. The molecule has 0 radical (unpaired) electrons. The summed E-state index contributed by atoms with van der Waals surface area (Å²) in [5, 5.41) is 6.24. The molecular weight excluding hydrogens is 288 g/mol. The first-order valence-electron chi connectivity index (χ1n) is 7.94. The van der Waals surface area contributed by atoms with Crippen molar-refractivity contribution in [2.24, 2.45) is 0 Å². The Morgan fingerprint density at radius 3 is 2.39 bits per heavy atom. The average molecular weight is 312 g/mol. The van der Waals surface area contributed by atoms with Crippen molar-refractivity contribution in [3.63, 3.8) is 0 Å². The number of ether oxygens (including phenoxy) is 1. The Morgan fingerprint density at radius 1 is 1.00 bits per heavy atom. The zero-order valence-corrected chi connectivity index (χ0v) is 13.5. The van der Waals surface area contributed by atoms with Gasteiger partial charge < -0.3 is 15.4 Å². The number of carbonyl (C=O) groups excluding carboxylic acids is 1. The van der Waals surface area contributed by atoms with Crippen LogP contribution < -0.4 is 10.6 Å². The Balaban J connectivity index is 1.73. The van der Waals surface area contributed by atoms with Crippen LogP contribution in [-0.4, -0.2) is 26.2 Å². The molecule has 1 amide bonds. The van der Waals surface area contributed by atoms with Gasteiger partial charge >= 0.3 is 0 Å². The molecule has 0 aliphatic rings. The van der Waals surface area contributed by atoms with Crippen LogP contribution in [0.4, 0.5) is 11.4 Å². The molecule has 0 spiro atoms. The predicted octanol–water partition coefficient (Wildman–Crippen LogP) is 3.71. The monoisotopic (exact) mass is 312 g/mol. The average Bonchev–Trinajstić information content (AvgIpc) is 2.59. The fraction of sp³-hybridized carbons (Fsp3) is 0.316. The Hall–Kier alpha value is -2.33. The van der Waals surface area contributed by atoms with Crippen molar-refractivity contribution in [1.29, 1.82) is 0 Å². The third kappa shape index (κ3) is 6.53. The number of benzene rings is 2. The van der Waals surface area contributed by atoms with E-state index in [2.05, 4.69) is 10.6 Å². The predicted molar refractivity (Wildman–Crippen MR) is 94.8 cm³/mol. The van der Waals surface area contributed by atoms with Crippen LogP contribution >= 0.6 is 0 Å². The van der Waals surface area contributed by atoms with Gasteiger partial charge in [-0.3, -0.25) is 4.79 Å². The second-order valence-electron chi connectivity index (χ2n) is 5.38. The lowest BCUT2D eigenvalue weighted by Crippen LogP contribution is -2.12. The molecule has 23 heavy (non-hydrogen) atoms. The van der Waals surface area contributed by atoms with E-state index in [4.69, 9.17) is 4.74 Å². The highest BCUT2D eigenvalue weighted by molar-refractivity contribution is 5.91. The molecule has 0 saturated heterocycles. The van der Waals surface area contributed by atoms with E-state index in [-0.39, 0.29) is 5.91 Å². The van der Waals surface area contributed by atoms with Crippen LogP contribution in [0.15, 0.2) is 54.6 Å². The molecule has 2 N–H and O–H groups in total. The summed E-state index contributed by atoms with van der Waals surface area (Å²) in [5.41, 5.74) is 3.05. The highest BCUT2D eigenvalue weighted by Gasteiger charge is 2.03. The lowest BCUT2D eigenvalue weighted by Gasteiger charge is -2.08. The van der Waals surface area contributed by atoms with Crippen LogP contribution in [0, 0.1) is 0 Å². The molecule has 4 heteroatoms. The zero-order chi connectivity index (χ0) is 16.3. The zero-order valence-electron chi connectivity index (χ0n) is 13.5. The first-order chi connectivity index (χ1) is 11.3. The summed E-state index contributed by atoms with van der Waals surface area (Å²) < 4.78 is 5.01. The fourth-order valence-corrected chi connectivity index (χ4v) is 2.25. The van der Waals surface area contributed by atoms with Gasteiger partial charge in [0.25, 0.3) is 0 Å². The van der Waals surface area contributed by atoms with Crippen LogP contribution in [0.2, 0.25) is 0 Å². The lowest BCUT2D eigenvalue weighted by atomic mass is 10.1. The maximum Gasteiger partial charge on any atom is 0.224 e. The Kier molecular flexibility index (Phi) is 7.14. The maximum atomic E-state index is 12.0. The van der Waals surface area contributed by atoms with Crippen molar-refractivity contribution < 1.29 is 9.53 Å². The van der Waals surface area contributed by atoms with Gasteiger partial charge in [0, 0.05) is 38.1 Å². The molecule has 0 aromatic heterocycles. The van der Waals surface area contributed by atoms with Gasteiger partial charge in [-0.2, -0.15) is 0 Å². The molecule has 0 atom stereocenters. The minimum atomic E-state index is 0.0367. The molecule has 0 aliphatic heterocycles. The molecule has 122 valence electrons. The quantitative estimate of drug-likeness (QED) is 0.694. The fourth-order valence-electron chi connectivity index (χ4n) is 2.25. The molecule has 2 rings (SSSR count). The lowest BCUT2D eigenvalue weighted by molar-refractivity contribution is -0.116. The Morgan fingerprint density at radius 2 is 1.70 bits per heavy atom. The van der Waals surface area contributed by atoms with E-state index >= 15 is 0 Å². The Labute approximate surface area is 137 Å². The first-order valence-corrected chi connectivity index (χ1v) is 7.94. The molecule has 4 nitrogen and oxygen atoms in total. The number of hydrogen-bond donors (Lipinski definition) is 2. The molecule has 2 aromatic rings. The van der Waals surface area contributed by atoms with Gasteiger partial charge in [0.1, 0.15) is 0 Å². The van der Waals surface area contributed by atoms with Crippen molar-refractivity contribution >= 4 is 17.3 Å². The van der Waals surface area contributed by atoms with Crippen molar-refractivity contribution in [3.05, 3.63) is 60.2 Å². The smallest absolute Gasteiger partial charge is 0.224 e. The summed E-state index contributed by atoms with van der Waals surface area (Å²) >= 11 is 0. The van der Waals surface area contributed by atoms with Gasteiger partial charge in [0.2, 0.25) is 5.91 Å². The van der Waals surface area contributed by atoms with Crippen LogP contribution in [0.3, 0.4) is 0 Å². The summed E-state index contributed by atoms with van der Waals surface area (Å²) in [4.78, 5) is 12.0. The van der Waals surface area contributed by atoms with Crippen LogP contribution in [0.5, 0.6) is 0 Å². The third-order valence-electron chi connectivity index (χ3n) is 3.51. The van der Waals surface area contributed by atoms with Gasteiger partial charge in [0.05, 0.1) is 0 Å². The van der Waals surface area contributed by atoms with Gasteiger partial charge in [0.15, 0.2) is 0 Å². The van der Waals surface area contributed by atoms with E-state index in [0.717, 1.165) is 37.4 Å². The topological polar surface area (TPSA) is 50.4 Å². The first kappa shape index (κ1) is 17.0. The minimum absolute atomic E-state index is 0.0367. The van der Waals surface area contributed by atoms with E-state index in [0.29, 0.717) is 6.42 Å². The molecule has 0 heterocycles. The normalized spacial score (nSPS) is 10.3. The minimum Gasteiger partial charge on any atom is -0.385 e. The van der Waals surface area contributed by atoms with Gasteiger partial charge in [-0.1, -0.05) is 30.3 Å². The van der Waals surface area contributed by atoms with Crippen molar-refractivity contribution in [1.82, 2.24) is 0 Å². The third-order valence-corrected chi connectivity index (χ3v) is 3.51. The summed E-state index contributed by atoms with van der Waals surface area (Å²) in [6.07, 6.45) is 2.21. The van der Waals surface area contributed by atoms with Crippen molar-refractivity contribution in [3.8, 4) is 0 Å². The molecule has 2 aromatic carbocycles. The van der Waals surface area contributed by atoms with Crippen LogP contribution in [-0.2, 0) is 16.0 Å². The molecule has 0 fully saturated rings. The summed E-state index contributed by atoms with van der Waals surface area (Å²) in [5.74, 6) is 0.0367. The van der Waals surface area contributed by atoms with Crippen LogP contribution in [0.1, 0.15) is 18.4 Å². The summed E-state index contributed by atoms with van der Waals surface area (Å²) in [6, 6.07) is 17.8. The summed E-state index contributed by atoms with van der Waals surface area (Å²) in [7, 11) is 1.70. The number of hydrogen-bond acceptors (Lipinski definition) is 3. The molecule has 0 unspecified atom stereocenters. The number of rotatable bonds is 9. The second kappa shape index (κ2) is 9.64. The van der Waals surface area contributed by atoms with E-state index in [1.54, 1.807) is 7.11 Å².